The summed E-state index contributed by atoms with van der Waals surface area (Å²) in [6.07, 6.45) is 11.2. The second kappa shape index (κ2) is 2.26. The second-order valence-electron chi connectivity index (χ2n) is 3.54. The van der Waals surface area contributed by atoms with Crippen molar-refractivity contribution in [2.24, 2.45) is 11.8 Å². The normalized spacial score (nSPS) is 37.5. The van der Waals surface area contributed by atoms with Gasteiger partial charge in [-0.3, -0.25) is 0 Å². The van der Waals surface area contributed by atoms with E-state index in [0.717, 1.165) is 11.8 Å². The molecule has 0 spiro atoms. The van der Waals surface area contributed by atoms with Crippen LogP contribution in [0.1, 0.15) is 26.2 Å². The zero-order valence-corrected chi connectivity index (χ0v) is 6.51. The summed E-state index contributed by atoms with van der Waals surface area (Å²) >= 11 is 0. The van der Waals surface area contributed by atoms with Crippen molar-refractivity contribution in [2.75, 3.05) is 0 Å². The average Bonchev–Trinajstić information content (AvgIpc) is 1.99. The summed E-state index contributed by atoms with van der Waals surface area (Å²) in [6, 6.07) is 0. The number of allylic oxidation sites excluding steroid dienone is 4. The number of fused-ring (bicyclic) bond motifs is 2. The highest BCUT2D eigenvalue weighted by Gasteiger charge is 2.21. The summed E-state index contributed by atoms with van der Waals surface area (Å²) in [5.41, 5.74) is 1.63. The Hall–Kier alpha value is -0.520. The van der Waals surface area contributed by atoms with Crippen LogP contribution in [0, 0.1) is 11.8 Å². The summed E-state index contributed by atoms with van der Waals surface area (Å²) in [4.78, 5) is 0. The summed E-state index contributed by atoms with van der Waals surface area (Å²) in [6.45, 7) is 2.28. The lowest BCUT2D eigenvalue weighted by atomic mass is 9.76. The van der Waals surface area contributed by atoms with E-state index in [1.807, 2.05) is 0 Å². The van der Waals surface area contributed by atoms with E-state index in [0.29, 0.717) is 0 Å². The molecule has 0 aromatic carbocycles. The van der Waals surface area contributed by atoms with Gasteiger partial charge in [0.2, 0.25) is 0 Å². The molecule has 0 amide bonds. The molecule has 0 aromatic rings. The molecule has 2 atom stereocenters. The van der Waals surface area contributed by atoms with Gasteiger partial charge in [0.15, 0.2) is 0 Å². The molecule has 2 rings (SSSR count). The molecule has 0 N–H and O–H groups in total. The van der Waals surface area contributed by atoms with Crippen molar-refractivity contribution in [3.8, 4) is 0 Å². The minimum Gasteiger partial charge on any atom is -0.0877 e. The van der Waals surface area contributed by atoms with E-state index in [4.69, 9.17) is 0 Å². The van der Waals surface area contributed by atoms with E-state index >= 15 is 0 Å². The van der Waals surface area contributed by atoms with Gasteiger partial charge in [-0.1, -0.05) is 23.8 Å². The third-order valence-electron chi connectivity index (χ3n) is 2.80. The summed E-state index contributed by atoms with van der Waals surface area (Å²) < 4.78 is 0. The first-order valence-electron chi connectivity index (χ1n) is 4.19. The van der Waals surface area contributed by atoms with E-state index < -0.39 is 0 Å². The molecule has 0 aliphatic heterocycles. The lowest BCUT2D eigenvalue weighted by molar-refractivity contribution is 0.421. The molecule has 0 heterocycles. The van der Waals surface area contributed by atoms with Gasteiger partial charge >= 0.3 is 0 Å². The zero-order valence-electron chi connectivity index (χ0n) is 6.51. The van der Waals surface area contributed by atoms with Gasteiger partial charge in [-0.25, -0.2) is 0 Å². The molecule has 2 unspecified atom stereocenters. The minimum atomic E-state index is 0.877. The van der Waals surface area contributed by atoms with Crippen molar-refractivity contribution in [2.45, 2.75) is 26.2 Å². The molecule has 0 fully saturated rings. The van der Waals surface area contributed by atoms with E-state index in [1.165, 1.54) is 19.3 Å². The minimum absolute atomic E-state index is 0.877. The van der Waals surface area contributed by atoms with Gasteiger partial charge in [0, 0.05) is 0 Å². The third-order valence-corrected chi connectivity index (χ3v) is 2.80. The predicted octanol–water partition coefficient (Wildman–Crippen LogP) is 2.92. The Morgan fingerprint density at radius 1 is 1.40 bits per heavy atom. The van der Waals surface area contributed by atoms with Crippen molar-refractivity contribution in [3.63, 3.8) is 0 Å². The van der Waals surface area contributed by atoms with Gasteiger partial charge in [-0.15, -0.1) is 0 Å². The zero-order chi connectivity index (χ0) is 6.97. The Morgan fingerprint density at radius 2 is 2.30 bits per heavy atom. The fourth-order valence-corrected chi connectivity index (χ4v) is 2.03. The van der Waals surface area contributed by atoms with Crippen LogP contribution < -0.4 is 0 Å². The van der Waals surface area contributed by atoms with E-state index in [1.54, 1.807) is 5.57 Å². The maximum absolute atomic E-state index is 2.42. The standard InChI is InChI=1S/C10H14/c1-8-5-6-9-3-2-4-10(8)7-9/h2-3,5,9-10H,4,6-7H2,1H3. The molecule has 0 heteroatoms. The quantitative estimate of drug-likeness (QED) is 0.447. The Morgan fingerprint density at radius 3 is 3.10 bits per heavy atom. The highest BCUT2D eigenvalue weighted by molar-refractivity contribution is 5.15. The highest BCUT2D eigenvalue weighted by atomic mass is 14.3. The van der Waals surface area contributed by atoms with E-state index in [9.17, 15) is 0 Å². The first kappa shape index (κ1) is 6.21. The molecule has 2 aliphatic carbocycles. The Kier molecular flexibility index (Phi) is 1.40. The lowest BCUT2D eigenvalue weighted by Gasteiger charge is -2.29. The molecule has 0 saturated heterocycles. The number of hydrogen-bond donors (Lipinski definition) is 0. The van der Waals surface area contributed by atoms with Crippen molar-refractivity contribution in [1.29, 1.82) is 0 Å². The summed E-state index contributed by atoms with van der Waals surface area (Å²) in [5.74, 6) is 1.77. The van der Waals surface area contributed by atoms with Crippen molar-refractivity contribution < 1.29 is 0 Å². The van der Waals surface area contributed by atoms with Gasteiger partial charge in [-0.05, 0) is 38.0 Å². The molecule has 54 valence electrons. The largest absolute Gasteiger partial charge is 0.0877 e. The topological polar surface area (TPSA) is 0 Å². The van der Waals surface area contributed by atoms with E-state index in [-0.39, 0.29) is 0 Å². The monoisotopic (exact) mass is 134 g/mol. The van der Waals surface area contributed by atoms with Crippen LogP contribution in [0.2, 0.25) is 0 Å². The smallest absolute Gasteiger partial charge is 0.0166 e. The Labute approximate surface area is 62.6 Å². The van der Waals surface area contributed by atoms with Crippen LogP contribution in [0.3, 0.4) is 0 Å². The SMILES string of the molecule is CC1=CCC2C=CCC1C2. The van der Waals surface area contributed by atoms with Crippen molar-refractivity contribution in [1.82, 2.24) is 0 Å². The van der Waals surface area contributed by atoms with Gasteiger partial charge < -0.3 is 0 Å². The number of hydrogen-bond acceptors (Lipinski definition) is 0. The highest BCUT2D eigenvalue weighted by Crippen LogP contribution is 2.35. The predicted molar refractivity (Wildman–Crippen MR) is 43.7 cm³/mol. The second-order valence-corrected chi connectivity index (χ2v) is 3.54. The van der Waals surface area contributed by atoms with Gasteiger partial charge in [0.25, 0.3) is 0 Å². The molecule has 10 heavy (non-hydrogen) atoms. The fourth-order valence-electron chi connectivity index (χ4n) is 2.03. The van der Waals surface area contributed by atoms with Crippen molar-refractivity contribution >= 4 is 0 Å². The lowest BCUT2D eigenvalue weighted by Crippen LogP contribution is -2.16. The van der Waals surface area contributed by atoms with Gasteiger partial charge in [0.05, 0.1) is 0 Å². The van der Waals surface area contributed by atoms with Crippen LogP contribution in [0.5, 0.6) is 0 Å². The van der Waals surface area contributed by atoms with E-state index in [2.05, 4.69) is 25.2 Å². The van der Waals surface area contributed by atoms with Crippen LogP contribution in [0.25, 0.3) is 0 Å². The molecule has 0 saturated carbocycles. The molecule has 0 nitrogen and oxygen atoms in total. The molecule has 0 aromatic heterocycles. The van der Waals surface area contributed by atoms with Gasteiger partial charge in [0.1, 0.15) is 0 Å². The number of rotatable bonds is 0. The Bertz CT molecular complexity index is 186. The third kappa shape index (κ3) is 0.920. The molecular weight excluding hydrogens is 120 g/mol. The van der Waals surface area contributed by atoms with Crippen LogP contribution >= 0.6 is 0 Å². The maximum Gasteiger partial charge on any atom is -0.0166 e. The first-order valence-corrected chi connectivity index (χ1v) is 4.19. The molecule has 2 bridgehead atoms. The fraction of sp³-hybridized carbons (Fsp3) is 0.600. The van der Waals surface area contributed by atoms with Crippen LogP contribution in [0.15, 0.2) is 23.8 Å². The average molecular weight is 134 g/mol. The van der Waals surface area contributed by atoms with Crippen LogP contribution in [-0.2, 0) is 0 Å². The van der Waals surface area contributed by atoms with Crippen LogP contribution in [0.4, 0.5) is 0 Å². The Balaban J connectivity index is 2.22. The maximum atomic E-state index is 2.42. The summed E-state index contributed by atoms with van der Waals surface area (Å²) in [5, 5.41) is 0. The van der Waals surface area contributed by atoms with Gasteiger partial charge in [-0.2, -0.15) is 0 Å². The molecule has 2 aliphatic rings. The molecule has 0 radical (unpaired) electrons. The van der Waals surface area contributed by atoms with Crippen LogP contribution in [-0.4, -0.2) is 0 Å². The first-order chi connectivity index (χ1) is 4.86. The molecular formula is C10H14. The van der Waals surface area contributed by atoms with Crippen molar-refractivity contribution in [3.05, 3.63) is 23.8 Å². The summed E-state index contributed by atoms with van der Waals surface area (Å²) in [7, 11) is 0.